The first-order chi connectivity index (χ1) is 56.7. The van der Waals surface area contributed by atoms with Crippen molar-refractivity contribution < 1.29 is 57.1 Å². The van der Waals surface area contributed by atoms with Gasteiger partial charge in [-0.05, 0) is 148 Å². The number of nitrogens with two attached hydrogens (primary N) is 3. The summed E-state index contributed by atoms with van der Waals surface area (Å²) in [7, 11) is 0. The molecule has 12 aromatic rings. The van der Waals surface area contributed by atoms with Gasteiger partial charge in [-0.3, -0.25) is 15.0 Å². The van der Waals surface area contributed by atoms with Crippen LogP contribution >= 0.6 is 23.2 Å². The van der Waals surface area contributed by atoms with Gasteiger partial charge in [0.15, 0.2) is 92.6 Å². The Balaban J connectivity index is 0.000000156. The SMILES string of the molecule is Cc1ccnc(C(C)C)c1-n1c(=O)nc(N2CCC[C@H](C)C2)c2cc(F)c(-c3c(F)c(F)c(F)c(N)c3Cl)nc21.Cc1ccnc(C(C)C)c1-n1c(=O)nc(N2CCC[C@H](C)C2)c2cc(F)c(-c3c(F)c(N)c(F)c(F)c3F)nc21.Cc1ccnc(C(C)C)c1-n1c(=O)nc(N2CCC[C@H](C)C2)c2cc(F)c(-c3c(N)c(F)c(F)c(Cl)c3F)nc21. The van der Waals surface area contributed by atoms with E-state index in [0.29, 0.717) is 102 Å². The average Bonchev–Trinajstić information content (AvgIpc) is 0.739. The molecule has 9 aromatic heterocycles. The molecule has 3 aromatic carbocycles. The molecule has 36 heteroatoms. The van der Waals surface area contributed by atoms with Crippen LogP contribution in [-0.4, -0.2) is 97.8 Å². The molecule has 3 aliphatic rings. The van der Waals surface area contributed by atoms with E-state index in [2.05, 4.69) is 58.7 Å². The molecule has 21 nitrogen and oxygen atoms in total. The van der Waals surface area contributed by atoms with Gasteiger partial charge in [-0.1, -0.05) is 85.5 Å². The lowest BCUT2D eigenvalue weighted by molar-refractivity contribution is 0.440. The Kier molecular flexibility index (Phi) is 24.4. The molecule has 12 heterocycles. The summed E-state index contributed by atoms with van der Waals surface area (Å²) in [4.78, 5) is 86.2. The van der Waals surface area contributed by atoms with E-state index in [1.807, 2.05) is 63.2 Å². The van der Waals surface area contributed by atoms with E-state index >= 15 is 26.3 Å². The third-order valence-corrected chi connectivity index (χ3v) is 22.4. The number of fused-ring (bicyclic) bond motifs is 3. The highest BCUT2D eigenvalue weighted by Gasteiger charge is 2.36. The van der Waals surface area contributed by atoms with Gasteiger partial charge in [0.05, 0.1) is 83.4 Å². The molecule has 15 rings (SSSR count). The van der Waals surface area contributed by atoms with Crippen LogP contribution in [0, 0.1) is 114 Å². The van der Waals surface area contributed by atoms with E-state index in [0.717, 1.165) is 61.3 Å². The number of halogens is 15. The summed E-state index contributed by atoms with van der Waals surface area (Å²) in [6, 6.07) is 8.15. The maximum Gasteiger partial charge on any atom is 0.355 e. The number of nitrogens with zero attached hydrogens (tertiary/aromatic N) is 15. The van der Waals surface area contributed by atoms with Gasteiger partial charge in [0.2, 0.25) is 0 Å². The molecule has 120 heavy (non-hydrogen) atoms. The van der Waals surface area contributed by atoms with Gasteiger partial charge in [0, 0.05) is 57.9 Å². The van der Waals surface area contributed by atoms with Gasteiger partial charge < -0.3 is 31.9 Å². The second-order valence-corrected chi connectivity index (χ2v) is 32.2. The Morgan fingerprint density at radius 3 is 1.02 bits per heavy atom. The molecule has 0 aliphatic carbocycles. The summed E-state index contributed by atoms with van der Waals surface area (Å²) >= 11 is 11.8. The zero-order chi connectivity index (χ0) is 87.1. The molecule has 0 radical (unpaired) electrons. The van der Waals surface area contributed by atoms with Crippen LogP contribution in [0.2, 0.25) is 10.0 Å². The fourth-order valence-corrected chi connectivity index (χ4v) is 16.2. The van der Waals surface area contributed by atoms with Crippen LogP contribution in [-0.2, 0) is 0 Å². The van der Waals surface area contributed by atoms with E-state index in [1.54, 1.807) is 57.6 Å². The van der Waals surface area contributed by atoms with Crippen molar-refractivity contribution in [2.75, 3.05) is 71.2 Å². The minimum Gasteiger partial charge on any atom is -0.396 e. The van der Waals surface area contributed by atoms with Gasteiger partial charge in [0.1, 0.15) is 45.2 Å². The highest BCUT2D eigenvalue weighted by atomic mass is 35.5. The second-order valence-electron chi connectivity index (χ2n) is 31.5. The number of nitrogen functional groups attached to an aromatic ring is 3. The lowest BCUT2D eigenvalue weighted by Crippen LogP contribution is -2.37. The lowest BCUT2D eigenvalue weighted by Gasteiger charge is -2.32. The van der Waals surface area contributed by atoms with E-state index in [9.17, 15) is 45.1 Å². The molecular formula is C84H81Cl2F13N18O3. The zero-order valence-electron chi connectivity index (χ0n) is 67.0. The number of aromatic nitrogens is 12. The van der Waals surface area contributed by atoms with Crippen LogP contribution in [0.3, 0.4) is 0 Å². The molecule has 630 valence electrons. The molecule has 0 amide bonds. The van der Waals surface area contributed by atoms with Crippen LogP contribution in [0.1, 0.15) is 152 Å². The highest BCUT2D eigenvalue weighted by molar-refractivity contribution is 6.36. The first-order valence-corrected chi connectivity index (χ1v) is 39.4. The normalized spacial score (nSPS) is 15.8. The van der Waals surface area contributed by atoms with Gasteiger partial charge in [-0.15, -0.1) is 0 Å². The smallest absolute Gasteiger partial charge is 0.355 e. The molecule has 3 fully saturated rings. The number of hydrogen-bond acceptors (Lipinski definition) is 18. The third kappa shape index (κ3) is 15.5. The molecule has 6 N–H and O–H groups in total. The van der Waals surface area contributed by atoms with E-state index in [1.165, 1.54) is 9.13 Å². The summed E-state index contributed by atoms with van der Waals surface area (Å²) in [5.74, 6) is -20.2. The predicted octanol–water partition coefficient (Wildman–Crippen LogP) is 18.4. The van der Waals surface area contributed by atoms with Gasteiger partial charge in [0.25, 0.3) is 0 Å². The summed E-state index contributed by atoms with van der Waals surface area (Å²) in [6.07, 6.45) is 10.2. The summed E-state index contributed by atoms with van der Waals surface area (Å²) in [5, 5.41) is -1.47. The van der Waals surface area contributed by atoms with Crippen molar-refractivity contribution in [2.45, 2.75) is 139 Å². The number of rotatable bonds is 12. The van der Waals surface area contributed by atoms with Crippen LogP contribution in [0.4, 0.5) is 91.6 Å². The Hall–Kier alpha value is -11.6. The highest BCUT2D eigenvalue weighted by Crippen LogP contribution is 2.45. The predicted molar refractivity (Wildman–Crippen MR) is 436 cm³/mol. The number of anilines is 6. The minimum atomic E-state index is -2.07. The zero-order valence-corrected chi connectivity index (χ0v) is 68.5. The number of piperidine rings is 3. The van der Waals surface area contributed by atoms with Crippen LogP contribution in [0.25, 0.3) is 83.9 Å². The first-order valence-electron chi connectivity index (χ1n) is 38.6. The molecular weight excluding hydrogens is 1630 g/mol. The van der Waals surface area contributed by atoms with Gasteiger partial charge in [-0.2, -0.15) is 15.0 Å². The molecule has 0 bridgehead atoms. The Morgan fingerprint density at radius 2 is 0.683 bits per heavy atom. The maximum atomic E-state index is 15.8. The van der Waals surface area contributed by atoms with Crippen molar-refractivity contribution in [3.8, 4) is 50.8 Å². The minimum absolute atomic E-state index is 0.0673. The summed E-state index contributed by atoms with van der Waals surface area (Å²) in [6.45, 7) is 26.2. The standard InChI is InChI=1S/2C28H27ClF4N6O.C28H27F5N6O/c1-12(2)23-25(14(4)7-8-35-23)39-27-15(26(37-28(39)40)38-9-5-6-13(3)11-38)10-16(30)24(36-27)17-19(31)18(29)20(32)21(33)22(17)34;1-12(2)23-25(14(4)7-8-35-23)39-27-15(26(37-28(39)40)38-9-5-6-13(3)11-38)10-16(30)24(36-27)17-18(29)22(34)21(33)20(32)19(17)31;1-12(2)23-25(14(4)7-8-35-23)39-27-15(26(37-28(39)40)38-9-5-6-13(3)11-38)10-16(29)24(36-27)17-18(30)20(32)21(33)22(34)19(17)31/h3*7-8,10,12-13H,5-6,9,11,34H2,1-4H3/t3*13-/m000/s1. The largest absolute Gasteiger partial charge is 0.396 e. The fourth-order valence-electron chi connectivity index (χ4n) is 15.8. The quantitative estimate of drug-likeness (QED) is 0.0444. The number of aryl methyl sites for hydroxylation is 3. The van der Waals surface area contributed by atoms with Crippen LogP contribution < -0.4 is 49.0 Å². The molecule has 3 atom stereocenters. The third-order valence-electron chi connectivity index (χ3n) is 21.7. The van der Waals surface area contributed by atoms with Gasteiger partial charge >= 0.3 is 17.1 Å². The maximum absolute atomic E-state index is 15.8. The summed E-state index contributed by atoms with van der Waals surface area (Å²) in [5.41, 5.74) is 10.1. The Bertz CT molecular complexity index is 5680. The van der Waals surface area contributed by atoms with E-state index in [4.69, 9.17) is 40.4 Å². The first kappa shape index (κ1) is 86.3. The molecule has 0 spiro atoms. The number of hydrogen-bond donors (Lipinski definition) is 3. The van der Waals surface area contributed by atoms with Crippen molar-refractivity contribution in [1.29, 1.82) is 0 Å². The second kappa shape index (κ2) is 33.9. The van der Waals surface area contributed by atoms with Crippen LogP contribution in [0.15, 0.2) is 69.4 Å². The topological polar surface area (TPSA) is 270 Å². The summed E-state index contributed by atoms with van der Waals surface area (Å²) < 4.78 is 196. The van der Waals surface area contributed by atoms with Crippen molar-refractivity contribution in [3.05, 3.63) is 206 Å². The van der Waals surface area contributed by atoms with Crippen molar-refractivity contribution >= 4 is 90.8 Å². The molecule has 0 saturated carbocycles. The van der Waals surface area contributed by atoms with Crippen LogP contribution in [0.5, 0.6) is 0 Å². The van der Waals surface area contributed by atoms with E-state index in [-0.39, 0.29) is 74.2 Å². The Morgan fingerprint density at radius 1 is 0.375 bits per heavy atom. The molecule has 3 saturated heterocycles. The van der Waals surface area contributed by atoms with Crippen molar-refractivity contribution in [2.24, 2.45) is 17.8 Å². The Labute approximate surface area is 688 Å². The number of pyridine rings is 6. The number of benzene rings is 3. The van der Waals surface area contributed by atoms with Gasteiger partial charge in [-0.25, -0.2) is 100 Å². The average molecular weight is 1710 g/mol. The molecule has 3 aliphatic heterocycles. The fraction of sp³-hybridized carbons (Fsp3) is 0.357. The molecule has 0 unspecified atom stereocenters. The monoisotopic (exact) mass is 1710 g/mol. The van der Waals surface area contributed by atoms with E-state index < -0.39 is 154 Å². The van der Waals surface area contributed by atoms with Crippen molar-refractivity contribution in [3.63, 3.8) is 0 Å². The lowest BCUT2D eigenvalue weighted by atomic mass is 10.00. The van der Waals surface area contributed by atoms with Crippen molar-refractivity contribution in [1.82, 2.24) is 58.6 Å².